The van der Waals surface area contributed by atoms with Gasteiger partial charge in [0.15, 0.2) is 0 Å². The summed E-state index contributed by atoms with van der Waals surface area (Å²) in [6, 6.07) is 5.68. The minimum Gasteiger partial charge on any atom is -0.347 e. The van der Waals surface area contributed by atoms with Crippen LogP contribution in [0.15, 0.2) is 35.0 Å². The Labute approximate surface area is 167 Å². The highest BCUT2D eigenvalue weighted by molar-refractivity contribution is 5.95. The van der Waals surface area contributed by atoms with Gasteiger partial charge in [-0.15, -0.1) is 0 Å². The lowest BCUT2D eigenvalue weighted by Gasteiger charge is -2.26. The summed E-state index contributed by atoms with van der Waals surface area (Å²) in [4.78, 5) is 29.9. The zero-order valence-electron chi connectivity index (χ0n) is 16.5. The molecule has 1 fully saturated rings. The number of anilines is 1. The van der Waals surface area contributed by atoms with Crippen molar-refractivity contribution in [3.8, 4) is 11.4 Å². The molecule has 4 rings (SSSR count). The minimum absolute atomic E-state index is 0.0539. The Bertz CT molecular complexity index is 1050. The quantitative estimate of drug-likeness (QED) is 0.670. The maximum Gasteiger partial charge on any atom is 0.257 e. The molecule has 9 heteroatoms. The van der Waals surface area contributed by atoms with E-state index in [0.29, 0.717) is 41.9 Å². The smallest absolute Gasteiger partial charge is 0.257 e. The molecule has 0 unspecified atom stereocenters. The van der Waals surface area contributed by atoms with Gasteiger partial charge in [0.25, 0.3) is 5.91 Å². The Hall–Kier alpha value is -3.36. The van der Waals surface area contributed by atoms with Crippen molar-refractivity contribution in [1.29, 1.82) is 0 Å². The molecule has 1 aliphatic rings. The molecule has 3 heterocycles. The van der Waals surface area contributed by atoms with Crippen LogP contribution in [0.25, 0.3) is 11.4 Å². The Morgan fingerprint density at radius 1 is 1.28 bits per heavy atom. The second-order valence-electron chi connectivity index (χ2n) is 7.14. The van der Waals surface area contributed by atoms with Crippen LogP contribution in [0, 0.1) is 12.7 Å². The van der Waals surface area contributed by atoms with E-state index in [-0.39, 0.29) is 17.5 Å². The average Bonchev–Trinajstić information content (AvgIpc) is 3.36. The molecule has 3 aromatic rings. The van der Waals surface area contributed by atoms with Gasteiger partial charge in [0.05, 0.1) is 22.9 Å². The Morgan fingerprint density at radius 2 is 2.07 bits per heavy atom. The predicted octanol–water partition coefficient (Wildman–Crippen LogP) is 3.02. The monoisotopic (exact) mass is 396 g/mol. The molecule has 0 bridgehead atoms. The lowest BCUT2D eigenvalue weighted by atomic mass is 10.0. The van der Waals surface area contributed by atoms with Crippen molar-refractivity contribution in [3.05, 3.63) is 53.4 Å². The van der Waals surface area contributed by atoms with Crippen molar-refractivity contribution < 1.29 is 13.7 Å². The molecular weight excluding hydrogens is 375 g/mol. The third-order valence-electron chi connectivity index (χ3n) is 4.91. The van der Waals surface area contributed by atoms with Crippen LogP contribution >= 0.6 is 0 Å². The van der Waals surface area contributed by atoms with Gasteiger partial charge in [-0.05, 0) is 25.0 Å². The number of carbonyl (C=O) groups is 1. The molecule has 0 aliphatic carbocycles. The van der Waals surface area contributed by atoms with Gasteiger partial charge in [-0.2, -0.15) is 4.98 Å². The van der Waals surface area contributed by atoms with Crippen LogP contribution in [0.3, 0.4) is 0 Å². The van der Waals surface area contributed by atoms with Gasteiger partial charge in [-0.3, -0.25) is 4.79 Å². The number of benzene rings is 1. The lowest BCUT2D eigenvalue weighted by molar-refractivity contribution is 0.0728. The van der Waals surface area contributed by atoms with Crippen molar-refractivity contribution in [3.63, 3.8) is 0 Å². The predicted molar refractivity (Wildman–Crippen MR) is 104 cm³/mol. The van der Waals surface area contributed by atoms with Gasteiger partial charge in [0, 0.05) is 33.8 Å². The highest BCUT2D eigenvalue weighted by atomic mass is 19.1. The van der Waals surface area contributed by atoms with E-state index < -0.39 is 5.82 Å². The number of aryl methyl sites for hydroxylation is 1. The summed E-state index contributed by atoms with van der Waals surface area (Å²) < 4.78 is 19.3. The molecule has 8 nitrogen and oxygen atoms in total. The van der Waals surface area contributed by atoms with Gasteiger partial charge in [-0.1, -0.05) is 17.3 Å². The highest BCUT2D eigenvalue weighted by Gasteiger charge is 2.35. The second kappa shape index (κ2) is 7.57. The fraction of sp³-hybridized carbons (Fsp3) is 0.350. The Balaban J connectivity index is 1.78. The number of likely N-dealkylation sites (tertiary alicyclic amines) is 1. The molecular formula is C20H21FN6O2. The molecule has 0 spiro atoms. The van der Waals surface area contributed by atoms with E-state index >= 15 is 0 Å². The van der Waals surface area contributed by atoms with Crippen LogP contribution in [-0.2, 0) is 0 Å². The van der Waals surface area contributed by atoms with Crippen molar-refractivity contribution in [2.24, 2.45) is 0 Å². The standard InChI is InChI=1S/C20H21FN6O2/c1-12-23-18(25-29-12)14-11-22-20(26(2)3)24-17(14)16-9-6-10-27(16)19(28)13-7-4-5-8-15(13)21/h4-5,7-8,11,16H,6,9-10H2,1-3H3/t16-/m0/s1. The van der Waals surface area contributed by atoms with E-state index in [9.17, 15) is 9.18 Å². The van der Waals surface area contributed by atoms with Crippen LogP contribution in [0.4, 0.5) is 10.3 Å². The first-order chi connectivity index (χ1) is 14.0. The number of aromatic nitrogens is 4. The zero-order valence-corrected chi connectivity index (χ0v) is 16.5. The number of hydrogen-bond donors (Lipinski definition) is 0. The summed E-state index contributed by atoms with van der Waals surface area (Å²) >= 11 is 0. The van der Waals surface area contributed by atoms with E-state index in [1.165, 1.54) is 12.1 Å². The fourth-order valence-corrected chi connectivity index (χ4v) is 3.52. The molecule has 1 aliphatic heterocycles. The third kappa shape index (κ3) is 3.55. The second-order valence-corrected chi connectivity index (χ2v) is 7.14. The number of hydrogen-bond acceptors (Lipinski definition) is 7. The maximum atomic E-state index is 14.2. The summed E-state index contributed by atoms with van der Waals surface area (Å²) in [7, 11) is 3.68. The summed E-state index contributed by atoms with van der Waals surface area (Å²) in [6.45, 7) is 2.22. The summed E-state index contributed by atoms with van der Waals surface area (Å²) in [5.74, 6) is 0.412. The van der Waals surface area contributed by atoms with Crippen molar-refractivity contribution in [2.75, 3.05) is 25.5 Å². The minimum atomic E-state index is -0.533. The molecule has 1 amide bonds. The number of rotatable bonds is 4. The first kappa shape index (κ1) is 19.0. The van der Waals surface area contributed by atoms with Crippen molar-refractivity contribution in [1.82, 2.24) is 25.0 Å². The van der Waals surface area contributed by atoms with Crippen LogP contribution in [0.2, 0.25) is 0 Å². The maximum absolute atomic E-state index is 14.2. The van der Waals surface area contributed by atoms with Crippen LogP contribution in [-0.4, -0.2) is 51.6 Å². The third-order valence-corrected chi connectivity index (χ3v) is 4.91. The van der Waals surface area contributed by atoms with Crippen LogP contribution < -0.4 is 4.90 Å². The Kier molecular flexibility index (Phi) is 4.96. The molecule has 1 aromatic carbocycles. The molecule has 150 valence electrons. The van der Waals surface area contributed by atoms with Crippen LogP contribution in [0.1, 0.15) is 40.8 Å². The molecule has 0 saturated carbocycles. The first-order valence-corrected chi connectivity index (χ1v) is 9.36. The van der Waals surface area contributed by atoms with E-state index in [4.69, 9.17) is 9.51 Å². The highest BCUT2D eigenvalue weighted by Crippen LogP contribution is 2.37. The molecule has 1 atom stereocenters. The summed E-state index contributed by atoms with van der Waals surface area (Å²) in [5.41, 5.74) is 1.29. The van der Waals surface area contributed by atoms with E-state index in [1.54, 1.807) is 35.1 Å². The normalized spacial score (nSPS) is 16.3. The largest absolute Gasteiger partial charge is 0.347 e. The SMILES string of the molecule is Cc1nc(-c2cnc(N(C)C)nc2[C@@H]2CCCN2C(=O)c2ccccc2F)no1. The summed E-state index contributed by atoms with van der Waals surface area (Å²) in [5, 5.41) is 3.99. The number of halogens is 1. The summed E-state index contributed by atoms with van der Waals surface area (Å²) in [6.07, 6.45) is 3.14. The van der Waals surface area contributed by atoms with Crippen molar-refractivity contribution >= 4 is 11.9 Å². The molecule has 29 heavy (non-hydrogen) atoms. The van der Waals surface area contributed by atoms with E-state index in [1.807, 2.05) is 14.1 Å². The molecule has 0 radical (unpaired) electrons. The van der Waals surface area contributed by atoms with Gasteiger partial charge in [0.1, 0.15) is 5.82 Å². The first-order valence-electron chi connectivity index (χ1n) is 9.36. The van der Waals surface area contributed by atoms with E-state index in [2.05, 4.69) is 15.1 Å². The number of amides is 1. The molecule has 1 saturated heterocycles. The number of nitrogens with zero attached hydrogens (tertiary/aromatic N) is 6. The van der Waals surface area contributed by atoms with Crippen LogP contribution in [0.5, 0.6) is 0 Å². The number of carbonyl (C=O) groups excluding carboxylic acids is 1. The molecule has 2 aromatic heterocycles. The van der Waals surface area contributed by atoms with Gasteiger partial charge < -0.3 is 14.3 Å². The van der Waals surface area contributed by atoms with Gasteiger partial charge >= 0.3 is 0 Å². The lowest BCUT2D eigenvalue weighted by Crippen LogP contribution is -2.32. The Morgan fingerprint density at radius 3 is 2.76 bits per heavy atom. The fourth-order valence-electron chi connectivity index (χ4n) is 3.52. The van der Waals surface area contributed by atoms with E-state index in [0.717, 1.165) is 6.42 Å². The zero-order chi connectivity index (χ0) is 20.5. The topological polar surface area (TPSA) is 88.3 Å². The van der Waals surface area contributed by atoms with Gasteiger partial charge in [0.2, 0.25) is 17.7 Å². The van der Waals surface area contributed by atoms with Crippen molar-refractivity contribution in [2.45, 2.75) is 25.8 Å². The average molecular weight is 396 g/mol. The molecule has 0 N–H and O–H groups in total. The van der Waals surface area contributed by atoms with Gasteiger partial charge in [-0.25, -0.2) is 14.4 Å².